The average molecular weight is 228 g/mol. The molecule has 4 heteroatoms. The maximum Gasteiger partial charge on any atom is 0.131 e. The van der Waals surface area contributed by atoms with Crippen molar-refractivity contribution in [3.05, 3.63) is 36.0 Å². The number of H-pyrrole nitrogens is 1. The zero-order chi connectivity index (χ0) is 12.3. The summed E-state index contributed by atoms with van der Waals surface area (Å²) in [6, 6.07) is 9.42. The van der Waals surface area contributed by atoms with Crippen molar-refractivity contribution in [2.24, 2.45) is 0 Å². The zero-order valence-electron chi connectivity index (χ0n) is 9.65. The Morgan fingerprint density at radius 2 is 2.00 bits per heavy atom. The molecule has 4 nitrogen and oxygen atoms in total. The Bertz CT molecular complexity index is 567. The van der Waals surface area contributed by atoms with Gasteiger partial charge in [0.25, 0.3) is 0 Å². The van der Waals surface area contributed by atoms with E-state index in [4.69, 9.17) is 14.7 Å². The molecule has 0 unspecified atom stereocenters. The first-order valence-corrected chi connectivity index (χ1v) is 5.09. The van der Waals surface area contributed by atoms with Crippen molar-refractivity contribution in [1.82, 2.24) is 4.98 Å². The van der Waals surface area contributed by atoms with Crippen LogP contribution in [0.4, 0.5) is 0 Å². The first-order chi connectivity index (χ1) is 8.28. The van der Waals surface area contributed by atoms with Crippen LogP contribution < -0.4 is 9.47 Å². The molecule has 1 aromatic carbocycles. The fourth-order valence-electron chi connectivity index (χ4n) is 1.64. The molecule has 1 N–H and O–H groups in total. The second-order valence-electron chi connectivity index (χ2n) is 3.48. The van der Waals surface area contributed by atoms with Crippen LogP contribution in [-0.4, -0.2) is 19.2 Å². The maximum atomic E-state index is 8.79. The molecule has 1 heterocycles. The van der Waals surface area contributed by atoms with E-state index in [0.717, 1.165) is 17.0 Å². The lowest BCUT2D eigenvalue weighted by Gasteiger charge is -2.08. The fourth-order valence-corrected chi connectivity index (χ4v) is 1.64. The Kier molecular flexibility index (Phi) is 3.01. The molecule has 0 bridgehead atoms. The summed E-state index contributed by atoms with van der Waals surface area (Å²) in [6.07, 6.45) is 1.67. The van der Waals surface area contributed by atoms with Crippen LogP contribution in [0.25, 0.3) is 11.3 Å². The second kappa shape index (κ2) is 4.62. The Labute approximate surface area is 99.4 Å². The van der Waals surface area contributed by atoms with Gasteiger partial charge in [-0.15, -0.1) is 0 Å². The molecule has 0 radical (unpaired) electrons. The number of aromatic nitrogens is 1. The van der Waals surface area contributed by atoms with Crippen molar-refractivity contribution in [2.75, 3.05) is 14.2 Å². The molecule has 0 aliphatic heterocycles. The Hall–Kier alpha value is -2.41. The van der Waals surface area contributed by atoms with Crippen molar-refractivity contribution in [1.29, 1.82) is 5.26 Å². The first-order valence-electron chi connectivity index (χ1n) is 5.09. The molecule has 0 atom stereocenters. The molecule has 0 fully saturated rings. The summed E-state index contributed by atoms with van der Waals surface area (Å²) in [6.45, 7) is 0. The molecule has 0 saturated heterocycles. The van der Waals surface area contributed by atoms with Crippen molar-refractivity contribution in [3.8, 4) is 28.8 Å². The third-order valence-corrected chi connectivity index (χ3v) is 2.51. The number of rotatable bonds is 3. The third-order valence-electron chi connectivity index (χ3n) is 2.51. The van der Waals surface area contributed by atoms with E-state index in [2.05, 4.69) is 11.1 Å². The second-order valence-corrected chi connectivity index (χ2v) is 3.48. The van der Waals surface area contributed by atoms with E-state index in [-0.39, 0.29) is 0 Å². The van der Waals surface area contributed by atoms with Gasteiger partial charge < -0.3 is 14.5 Å². The molecule has 0 spiro atoms. The minimum atomic E-state index is 0.595. The van der Waals surface area contributed by atoms with Gasteiger partial charge in [-0.3, -0.25) is 0 Å². The van der Waals surface area contributed by atoms with Gasteiger partial charge in [0.05, 0.1) is 25.5 Å². The van der Waals surface area contributed by atoms with Gasteiger partial charge in [-0.2, -0.15) is 5.26 Å². The molecule has 0 saturated carbocycles. The number of hydrogen-bond donors (Lipinski definition) is 1. The van der Waals surface area contributed by atoms with E-state index in [0.29, 0.717) is 11.3 Å². The average Bonchev–Trinajstić information content (AvgIpc) is 2.86. The predicted molar refractivity (Wildman–Crippen MR) is 64.0 cm³/mol. The van der Waals surface area contributed by atoms with Gasteiger partial charge >= 0.3 is 0 Å². The van der Waals surface area contributed by atoms with E-state index < -0.39 is 0 Å². The van der Waals surface area contributed by atoms with Crippen LogP contribution in [0.5, 0.6) is 11.5 Å². The van der Waals surface area contributed by atoms with E-state index in [1.165, 1.54) is 0 Å². The largest absolute Gasteiger partial charge is 0.497 e. The van der Waals surface area contributed by atoms with Gasteiger partial charge in [0.2, 0.25) is 0 Å². The maximum absolute atomic E-state index is 8.79. The van der Waals surface area contributed by atoms with Crippen LogP contribution in [0.15, 0.2) is 30.5 Å². The summed E-state index contributed by atoms with van der Waals surface area (Å²) in [5, 5.41) is 8.79. The lowest BCUT2D eigenvalue weighted by molar-refractivity contribution is 0.395. The number of methoxy groups -OCH3 is 2. The number of benzene rings is 1. The molecule has 0 amide bonds. The molecule has 0 aliphatic carbocycles. The van der Waals surface area contributed by atoms with Crippen molar-refractivity contribution >= 4 is 0 Å². The minimum Gasteiger partial charge on any atom is -0.497 e. The van der Waals surface area contributed by atoms with Gasteiger partial charge in [-0.05, 0) is 18.2 Å². The fraction of sp³-hybridized carbons (Fsp3) is 0.154. The van der Waals surface area contributed by atoms with Crippen molar-refractivity contribution in [3.63, 3.8) is 0 Å². The molecule has 17 heavy (non-hydrogen) atoms. The lowest BCUT2D eigenvalue weighted by Crippen LogP contribution is -1.90. The highest BCUT2D eigenvalue weighted by Gasteiger charge is 2.09. The van der Waals surface area contributed by atoms with Crippen LogP contribution in [0, 0.1) is 11.3 Å². The highest BCUT2D eigenvalue weighted by molar-refractivity contribution is 5.70. The number of hydrogen-bond acceptors (Lipinski definition) is 3. The molecule has 2 aromatic rings. The molecule has 2 rings (SSSR count). The SMILES string of the molecule is COc1ccc(-c2cc(C#N)c[nH]2)c(OC)c1. The minimum absolute atomic E-state index is 0.595. The topological polar surface area (TPSA) is 58.0 Å². The van der Waals surface area contributed by atoms with Crippen molar-refractivity contribution in [2.45, 2.75) is 0 Å². The molecule has 86 valence electrons. The van der Waals surface area contributed by atoms with Gasteiger partial charge in [-0.1, -0.05) is 0 Å². The highest BCUT2D eigenvalue weighted by atomic mass is 16.5. The Morgan fingerprint density at radius 3 is 2.59 bits per heavy atom. The summed E-state index contributed by atoms with van der Waals surface area (Å²) in [7, 11) is 3.21. The highest BCUT2D eigenvalue weighted by Crippen LogP contribution is 2.32. The summed E-state index contributed by atoms with van der Waals surface area (Å²) < 4.78 is 10.4. The number of nitrogens with one attached hydrogen (secondary N) is 1. The normalized spacial score (nSPS) is 9.71. The van der Waals surface area contributed by atoms with Gasteiger partial charge in [0, 0.05) is 17.8 Å². The van der Waals surface area contributed by atoms with Crippen LogP contribution in [0.3, 0.4) is 0 Å². The molecular formula is C13H12N2O2. The Morgan fingerprint density at radius 1 is 1.18 bits per heavy atom. The quantitative estimate of drug-likeness (QED) is 0.878. The van der Waals surface area contributed by atoms with Crippen LogP contribution in [0.1, 0.15) is 5.56 Å². The number of nitriles is 1. The number of nitrogens with zero attached hydrogens (tertiary/aromatic N) is 1. The van der Waals surface area contributed by atoms with E-state index in [1.54, 1.807) is 26.5 Å². The summed E-state index contributed by atoms with van der Waals surface area (Å²) in [5.74, 6) is 1.44. The van der Waals surface area contributed by atoms with E-state index >= 15 is 0 Å². The summed E-state index contributed by atoms with van der Waals surface area (Å²) in [5.41, 5.74) is 2.34. The van der Waals surface area contributed by atoms with Gasteiger partial charge in [0.1, 0.15) is 17.6 Å². The smallest absolute Gasteiger partial charge is 0.131 e. The standard InChI is InChI=1S/C13H12N2O2/c1-16-10-3-4-11(13(6-10)17-2)12-5-9(7-14)8-15-12/h3-6,8,15H,1-2H3. The Balaban J connectivity index is 2.48. The first kappa shape index (κ1) is 11.1. The third kappa shape index (κ3) is 2.08. The predicted octanol–water partition coefficient (Wildman–Crippen LogP) is 2.57. The van der Waals surface area contributed by atoms with Crippen LogP contribution in [0.2, 0.25) is 0 Å². The van der Waals surface area contributed by atoms with Crippen molar-refractivity contribution < 1.29 is 9.47 Å². The number of ether oxygens (including phenoxy) is 2. The summed E-state index contributed by atoms with van der Waals surface area (Å²) in [4.78, 5) is 3.04. The van der Waals surface area contributed by atoms with E-state index in [1.807, 2.05) is 18.2 Å². The van der Waals surface area contributed by atoms with Crippen LogP contribution >= 0.6 is 0 Å². The molecule has 1 aromatic heterocycles. The summed E-state index contributed by atoms with van der Waals surface area (Å²) >= 11 is 0. The van der Waals surface area contributed by atoms with Crippen LogP contribution in [-0.2, 0) is 0 Å². The number of aromatic amines is 1. The van der Waals surface area contributed by atoms with Gasteiger partial charge in [0.15, 0.2) is 0 Å². The van der Waals surface area contributed by atoms with Gasteiger partial charge in [-0.25, -0.2) is 0 Å². The molecular weight excluding hydrogens is 216 g/mol. The van der Waals surface area contributed by atoms with E-state index in [9.17, 15) is 0 Å². The monoisotopic (exact) mass is 228 g/mol. The molecule has 0 aliphatic rings. The lowest BCUT2D eigenvalue weighted by atomic mass is 10.1. The zero-order valence-corrected chi connectivity index (χ0v) is 9.65.